The molecule has 0 bridgehead atoms. The van der Waals surface area contributed by atoms with E-state index in [1.165, 1.54) is 25.7 Å². The van der Waals surface area contributed by atoms with Crippen LogP contribution in [0, 0.1) is 0 Å². The molecule has 0 fully saturated rings. The fourth-order valence-electron chi connectivity index (χ4n) is 1.73. The minimum absolute atomic E-state index is 0.305. The van der Waals surface area contributed by atoms with E-state index < -0.39 is 0 Å². The number of nitrogens with two attached hydrogens (primary N) is 1. The topological polar surface area (TPSA) is 64.7 Å². The highest BCUT2D eigenvalue weighted by molar-refractivity contribution is 5.20. The van der Waals surface area contributed by atoms with Crippen molar-refractivity contribution < 1.29 is 0 Å². The Morgan fingerprint density at radius 1 is 0.846 bits per heavy atom. The molecule has 4 nitrogen and oxygen atoms in total. The van der Waals surface area contributed by atoms with E-state index >= 15 is 0 Å². The summed E-state index contributed by atoms with van der Waals surface area (Å²) in [6.45, 7) is 0. The molecule has 2 rings (SSSR count). The van der Waals surface area contributed by atoms with Crippen molar-refractivity contribution in [3.63, 3.8) is 0 Å². The zero-order valence-corrected chi connectivity index (χ0v) is 7.66. The van der Waals surface area contributed by atoms with Crippen LogP contribution in [0.1, 0.15) is 37.1 Å². The second-order valence-corrected chi connectivity index (χ2v) is 3.48. The lowest BCUT2D eigenvalue weighted by Gasteiger charge is -2.10. The summed E-state index contributed by atoms with van der Waals surface area (Å²) < 4.78 is 0. The summed E-state index contributed by atoms with van der Waals surface area (Å²) >= 11 is 0. The van der Waals surface area contributed by atoms with E-state index in [0.29, 0.717) is 5.95 Å². The Balaban J connectivity index is 2.28. The maximum absolute atomic E-state index is 5.49. The van der Waals surface area contributed by atoms with Gasteiger partial charge in [0.25, 0.3) is 0 Å². The first-order valence-electron chi connectivity index (χ1n) is 4.84. The molecular formula is C9H14N4. The Labute approximate surface area is 77.6 Å². The number of anilines is 1. The monoisotopic (exact) mass is 178 g/mol. The molecule has 1 heterocycles. The van der Waals surface area contributed by atoms with E-state index in [9.17, 15) is 0 Å². The number of aromatic nitrogens is 3. The average molecular weight is 178 g/mol. The number of hydrogen-bond acceptors (Lipinski definition) is 4. The maximum Gasteiger partial charge on any atom is 0.240 e. The van der Waals surface area contributed by atoms with Crippen LogP contribution >= 0.6 is 0 Å². The number of rotatable bonds is 0. The fraction of sp³-hybridized carbons (Fsp3) is 0.667. The van der Waals surface area contributed by atoms with Crippen LogP contribution in [0.3, 0.4) is 0 Å². The number of nitrogens with zero attached hydrogens (tertiary/aromatic N) is 3. The summed E-state index contributed by atoms with van der Waals surface area (Å²) in [5.74, 6) is 0.305. The van der Waals surface area contributed by atoms with Crippen LogP contribution in [0.25, 0.3) is 0 Å². The van der Waals surface area contributed by atoms with Crippen molar-refractivity contribution in [2.75, 3.05) is 5.73 Å². The highest BCUT2D eigenvalue weighted by atomic mass is 15.2. The quantitative estimate of drug-likeness (QED) is 0.646. The molecule has 0 amide bonds. The first-order chi connectivity index (χ1) is 6.36. The van der Waals surface area contributed by atoms with Crippen molar-refractivity contribution in [1.29, 1.82) is 0 Å². The fourth-order valence-corrected chi connectivity index (χ4v) is 1.73. The minimum atomic E-state index is 0.305. The van der Waals surface area contributed by atoms with Crippen LogP contribution in [-0.4, -0.2) is 15.2 Å². The average Bonchev–Trinajstić information content (AvgIpc) is 2.08. The summed E-state index contributed by atoms with van der Waals surface area (Å²) in [6, 6.07) is 0. The Hall–Kier alpha value is -1.19. The van der Waals surface area contributed by atoms with Gasteiger partial charge < -0.3 is 5.73 Å². The van der Waals surface area contributed by atoms with Crippen LogP contribution < -0.4 is 5.73 Å². The molecule has 4 heteroatoms. The number of nitrogen functional groups attached to an aromatic ring is 1. The Kier molecular flexibility index (Phi) is 2.38. The van der Waals surface area contributed by atoms with E-state index in [4.69, 9.17) is 5.73 Å². The zero-order chi connectivity index (χ0) is 9.10. The third kappa shape index (κ3) is 1.94. The molecular weight excluding hydrogens is 164 g/mol. The lowest BCUT2D eigenvalue weighted by Crippen LogP contribution is -2.09. The minimum Gasteiger partial charge on any atom is -0.366 e. The predicted molar refractivity (Wildman–Crippen MR) is 50.1 cm³/mol. The Morgan fingerprint density at radius 3 is 2.31 bits per heavy atom. The molecule has 1 aliphatic carbocycles. The SMILES string of the molecule is Nc1nnc2c(n1)CCCCCC2. The molecule has 0 radical (unpaired) electrons. The van der Waals surface area contributed by atoms with Gasteiger partial charge >= 0.3 is 0 Å². The lowest BCUT2D eigenvalue weighted by atomic mass is 10.0. The molecule has 0 spiro atoms. The van der Waals surface area contributed by atoms with Crippen LogP contribution in [0.4, 0.5) is 5.95 Å². The lowest BCUT2D eigenvalue weighted by molar-refractivity contribution is 0.593. The zero-order valence-electron chi connectivity index (χ0n) is 7.66. The Morgan fingerprint density at radius 2 is 1.54 bits per heavy atom. The summed E-state index contributed by atoms with van der Waals surface area (Å²) in [7, 11) is 0. The molecule has 0 unspecified atom stereocenters. The second-order valence-electron chi connectivity index (χ2n) is 3.48. The third-order valence-electron chi connectivity index (χ3n) is 2.43. The van der Waals surface area contributed by atoms with Gasteiger partial charge in [0.15, 0.2) is 0 Å². The molecule has 13 heavy (non-hydrogen) atoms. The van der Waals surface area contributed by atoms with Crippen molar-refractivity contribution in [1.82, 2.24) is 15.2 Å². The van der Waals surface area contributed by atoms with E-state index in [-0.39, 0.29) is 0 Å². The van der Waals surface area contributed by atoms with Crippen molar-refractivity contribution in [2.45, 2.75) is 38.5 Å². The summed E-state index contributed by atoms with van der Waals surface area (Å²) in [5, 5.41) is 7.86. The van der Waals surface area contributed by atoms with Crippen LogP contribution in [0.5, 0.6) is 0 Å². The van der Waals surface area contributed by atoms with E-state index in [0.717, 1.165) is 24.2 Å². The van der Waals surface area contributed by atoms with Gasteiger partial charge in [-0.3, -0.25) is 0 Å². The third-order valence-corrected chi connectivity index (χ3v) is 2.43. The van der Waals surface area contributed by atoms with Crippen molar-refractivity contribution in [3.05, 3.63) is 11.4 Å². The number of hydrogen-bond donors (Lipinski definition) is 1. The molecule has 2 N–H and O–H groups in total. The number of fused-ring (bicyclic) bond motifs is 1. The van der Waals surface area contributed by atoms with Crippen molar-refractivity contribution in [2.24, 2.45) is 0 Å². The van der Waals surface area contributed by atoms with Crippen LogP contribution in [-0.2, 0) is 12.8 Å². The van der Waals surface area contributed by atoms with Gasteiger partial charge in [0.1, 0.15) is 0 Å². The first kappa shape index (κ1) is 8.41. The van der Waals surface area contributed by atoms with Gasteiger partial charge in [-0.25, -0.2) is 4.98 Å². The maximum atomic E-state index is 5.49. The van der Waals surface area contributed by atoms with Gasteiger partial charge in [0.05, 0.1) is 11.4 Å². The first-order valence-corrected chi connectivity index (χ1v) is 4.84. The molecule has 1 aromatic heterocycles. The van der Waals surface area contributed by atoms with Crippen molar-refractivity contribution in [3.8, 4) is 0 Å². The smallest absolute Gasteiger partial charge is 0.240 e. The van der Waals surface area contributed by atoms with Gasteiger partial charge in [-0.15, -0.1) is 5.10 Å². The summed E-state index contributed by atoms with van der Waals surface area (Å²) in [5.41, 5.74) is 7.60. The van der Waals surface area contributed by atoms with Gasteiger partial charge in [-0.1, -0.05) is 12.8 Å². The molecule has 0 atom stereocenters. The van der Waals surface area contributed by atoms with Crippen LogP contribution in [0.15, 0.2) is 0 Å². The molecule has 1 aliphatic rings. The summed E-state index contributed by atoms with van der Waals surface area (Å²) in [4.78, 5) is 4.22. The second kappa shape index (κ2) is 3.68. The van der Waals surface area contributed by atoms with Crippen molar-refractivity contribution >= 4 is 5.95 Å². The Bertz CT molecular complexity index is 298. The molecule has 1 aromatic rings. The number of aryl methyl sites for hydroxylation is 2. The van der Waals surface area contributed by atoms with Gasteiger partial charge in [0.2, 0.25) is 5.95 Å². The highest BCUT2D eigenvalue weighted by Crippen LogP contribution is 2.16. The largest absolute Gasteiger partial charge is 0.366 e. The highest BCUT2D eigenvalue weighted by Gasteiger charge is 2.10. The van der Waals surface area contributed by atoms with Gasteiger partial charge in [-0.05, 0) is 25.7 Å². The van der Waals surface area contributed by atoms with Crippen LogP contribution in [0.2, 0.25) is 0 Å². The molecule has 70 valence electrons. The van der Waals surface area contributed by atoms with Gasteiger partial charge in [-0.2, -0.15) is 5.10 Å². The van der Waals surface area contributed by atoms with E-state index in [1.54, 1.807) is 0 Å². The molecule has 0 aliphatic heterocycles. The van der Waals surface area contributed by atoms with Gasteiger partial charge in [0, 0.05) is 0 Å². The molecule has 0 aromatic carbocycles. The normalized spacial score (nSPS) is 17.2. The van der Waals surface area contributed by atoms with E-state index in [1.807, 2.05) is 0 Å². The predicted octanol–water partition coefficient (Wildman–Crippen LogP) is 1.11. The molecule has 0 saturated carbocycles. The standard InChI is InChI=1S/C9H14N4/c10-9-11-7-5-3-1-2-4-6-8(7)12-13-9/h1-6H2,(H2,10,11,13). The molecule has 0 saturated heterocycles. The van der Waals surface area contributed by atoms with E-state index in [2.05, 4.69) is 15.2 Å². The summed E-state index contributed by atoms with van der Waals surface area (Å²) in [6.07, 6.45) is 7.01.